The molecule has 1 fully saturated rings. The van der Waals surface area contributed by atoms with Crippen molar-refractivity contribution in [3.63, 3.8) is 0 Å². The summed E-state index contributed by atoms with van der Waals surface area (Å²) in [5.74, 6) is 0. The molecule has 6 heteroatoms. The number of rotatable bonds is 10. The predicted octanol–water partition coefficient (Wildman–Crippen LogP) is 2.41. The Morgan fingerprint density at radius 2 is 1.45 bits per heavy atom. The fourth-order valence-electron chi connectivity index (χ4n) is 3.21. The van der Waals surface area contributed by atoms with Crippen molar-refractivity contribution in [2.24, 2.45) is 5.41 Å². The second-order valence-corrected chi connectivity index (χ2v) is 8.08. The fourth-order valence-corrected chi connectivity index (χ4v) is 6.87. The molecule has 20 heavy (non-hydrogen) atoms. The van der Waals surface area contributed by atoms with Gasteiger partial charge < -0.3 is 22.8 Å². The number of methoxy groups -OCH3 is 1. The summed E-state index contributed by atoms with van der Waals surface area (Å²) in [7, 11) is -1.25. The molecule has 1 aliphatic heterocycles. The minimum atomic E-state index is -2.98. The van der Waals surface area contributed by atoms with E-state index in [1.54, 1.807) is 7.11 Å². The predicted molar refractivity (Wildman–Crippen MR) is 79.6 cm³/mol. The lowest BCUT2D eigenvalue weighted by Crippen LogP contribution is -2.76. The molecule has 1 unspecified atom stereocenters. The van der Waals surface area contributed by atoms with Crippen LogP contribution in [0.3, 0.4) is 0 Å². The standard InChI is InChI=1S/C14H30O5Si/c1-7-14(15-6,13(5)11-16-12-13)20(17-8-2,18-9-3)19-10-4/h7-12H2,1-6H3. The van der Waals surface area contributed by atoms with E-state index in [-0.39, 0.29) is 5.41 Å². The van der Waals surface area contributed by atoms with E-state index < -0.39 is 14.0 Å². The van der Waals surface area contributed by atoms with Gasteiger partial charge in [-0.05, 0) is 27.2 Å². The van der Waals surface area contributed by atoms with Crippen molar-refractivity contribution >= 4 is 8.80 Å². The van der Waals surface area contributed by atoms with Crippen molar-refractivity contribution in [2.75, 3.05) is 40.1 Å². The average Bonchev–Trinajstić information content (AvgIpc) is 2.39. The molecule has 0 radical (unpaired) electrons. The van der Waals surface area contributed by atoms with Crippen LogP contribution in [0.5, 0.6) is 0 Å². The average molecular weight is 306 g/mol. The van der Waals surface area contributed by atoms with E-state index >= 15 is 0 Å². The highest BCUT2D eigenvalue weighted by Crippen LogP contribution is 2.49. The van der Waals surface area contributed by atoms with Crippen LogP contribution in [-0.4, -0.2) is 54.2 Å². The van der Waals surface area contributed by atoms with Gasteiger partial charge in [0.05, 0.1) is 13.2 Å². The highest BCUT2D eigenvalue weighted by atomic mass is 28.4. The Morgan fingerprint density at radius 3 is 1.65 bits per heavy atom. The fraction of sp³-hybridized carbons (Fsp3) is 1.00. The van der Waals surface area contributed by atoms with E-state index in [9.17, 15) is 0 Å². The maximum absolute atomic E-state index is 6.09. The van der Waals surface area contributed by atoms with Gasteiger partial charge in [0.25, 0.3) is 0 Å². The van der Waals surface area contributed by atoms with Gasteiger partial charge in [0.15, 0.2) is 0 Å². The van der Waals surface area contributed by atoms with Crippen LogP contribution in [0.25, 0.3) is 0 Å². The summed E-state index contributed by atoms with van der Waals surface area (Å²) in [6.07, 6.45) is 0.773. The Hall–Kier alpha value is 0.0169. The molecule has 120 valence electrons. The number of hydrogen-bond acceptors (Lipinski definition) is 5. The van der Waals surface area contributed by atoms with Gasteiger partial charge in [0, 0.05) is 32.3 Å². The van der Waals surface area contributed by atoms with Crippen LogP contribution < -0.4 is 0 Å². The summed E-state index contributed by atoms with van der Waals surface area (Å²) in [6.45, 7) is 13.1. The van der Waals surface area contributed by atoms with Gasteiger partial charge in [-0.15, -0.1) is 0 Å². The van der Waals surface area contributed by atoms with Gasteiger partial charge in [-0.25, -0.2) is 0 Å². The topological polar surface area (TPSA) is 46.2 Å². The lowest BCUT2D eigenvalue weighted by molar-refractivity contribution is -0.217. The molecule has 0 bridgehead atoms. The van der Waals surface area contributed by atoms with Crippen molar-refractivity contribution in [3.05, 3.63) is 0 Å². The third-order valence-electron chi connectivity index (χ3n) is 4.16. The molecular formula is C14H30O5Si. The lowest BCUT2D eigenvalue weighted by atomic mass is 9.80. The summed E-state index contributed by atoms with van der Waals surface area (Å²) in [4.78, 5) is 0. The highest BCUT2D eigenvalue weighted by Gasteiger charge is 2.71. The Kier molecular flexibility index (Phi) is 6.62. The van der Waals surface area contributed by atoms with E-state index in [1.807, 2.05) is 20.8 Å². The number of ether oxygens (including phenoxy) is 2. The van der Waals surface area contributed by atoms with E-state index in [2.05, 4.69) is 13.8 Å². The molecule has 0 aromatic heterocycles. The zero-order chi connectivity index (χ0) is 15.3. The van der Waals surface area contributed by atoms with Crippen LogP contribution in [0, 0.1) is 5.41 Å². The maximum atomic E-state index is 6.09. The lowest BCUT2D eigenvalue weighted by Gasteiger charge is -2.56. The molecule has 0 aromatic carbocycles. The molecule has 0 spiro atoms. The minimum absolute atomic E-state index is 0.137. The van der Waals surface area contributed by atoms with Crippen LogP contribution in [0.2, 0.25) is 0 Å². The molecule has 1 saturated heterocycles. The van der Waals surface area contributed by atoms with Crippen molar-refractivity contribution in [2.45, 2.75) is 46.3 Å². The Labute approximate surface area is 124 Å². The SMILES string of the molecule is CCO[Si](OCC)(OCC)C(CC)(OC)C1(C)COC1. The van der Waals surface area contributed by atoms with Gasteiger partial charge >= 0.3 is 8.80 Å². The molecule has 1 aliphatic rings. The smallest absolute Gasteiger partial charge is 0.380 e. The first-order chi connectivity index (χ1) is 9.51. The van der Waals surface area contributed by atoms with Crippen LogP contribution in [0.1, 0.15) is 41.0 Å². The van der Waals surface area contributed by atoms with Crippen LogP contribution in [0.15, 0.2) is 0 Å². The van der Waals surface area contributed by atoms with E-state index in [0.29, 0.717) is 33.0 Å². The Morgan fingerprint density at radius 1 is 1.00 bits per heavy atom. The quantitative estimate of drug-likeness (QED) is 0.580. The molecular weight excluding hydrogens is 276 g/mol. The van der Waals surface area contributed by atoms with Crippen molar-refractivity contribution in [1.82, 2.24) is 0 Å². The largest absolute Gasteiger partial charge is 0.535 e. The molecule has 1 rings (SSSR count). The second-order valence-electron chi connectivity index (χ2n) is 5.29. The van der Waals surface area contributed by atoms with Crippen LogP contribution in [0.4, 0.5) is 0 Å². The molecule has 5 nitrogen and oxygen atoms in total. The summed E-state index contributed by atoms with van der Waals surface area (Å²) >= 11 is 0. The number of hydrogen-bond donors (Lipinski definition) is 0. The van der Waals surface area contributed by atoms with Gasteiger partial charge in [-0.3, -0.25) is 0 Å². The Bertz CT molecular complexity index is 272. The highest BCUT2D eigenvalue weighted by molar-refractivity contribution is 6.64. The van der Waals surface area contributed by atoms with Gasteiger partial charge in [0.2, 0.25) is 0 Å². The zero-order valence-corrected chi connectivity index (χ0v) is 14.8. The maximum Gasteiger partial charge on any atom is 0.535 e. The summed E-state index contributed by atoms with van der Waals surface area (Å²) in [5.41, 5.74) is -0.137. The molecule has 1 heterocycles. The third-order valence-corrected chi connectivity index (χ3v) is 8.32. The normalized spacial score (nSPS) is 21.3. The van der Waals surface area contributed by atoms with Gasteiger partial charge in [-0.2, -0.15) is 0 Å². The van der Waals surface area contributed by atoms with Crippen molar-refractivity contribution < 1.29 is 22.8 Å². The van der Waals surface area contributed by atoms with E-state index in [4.69, 9.17) is 22.8 Å². The monoisotopic (exact) mass is 306 g/mol. The van der Waals surface area contributed by atoms with Crippen molar-refractivity contribution in [1.29, 1.82) is 0 Å². The first kappa shape index (κ1) is 18.1. The summed E-state index contributed by atoms with van der Waals surface area (Å²) < 4.78 is 29.8. The first-order valence-corrected chi connectivity index (χ1v) is 9.28. The second kappa shape index (κ2) is 7.33. The minimum Gasteiger partial charge on any atom is -0.380 e. The molecule has 0 aromatic rings. The third kappa shape index (κ3) is 2.69. The molecule has 0 saturated carbocycles. The zero-order valence-electron chi connectivity index (χ0n) is 13.8. The van der Waals surface area contributed by atoms with E-state index in [1.165, 1.54) is 0 Å². The first-order valence-electron chi connectivity index (χ1n) is 7.56. The Balaban J connectivity index is 3.27. The molecule has 0 aliphatic carbocycles. The van der Waals surface area contributed by atoms with E-state index in [0.717, 1.165) is 6.42 Å². The van der Waals surface area contributed by atoms with Gasteiger partial charge in [-0.1, -0.05) is 13.8 Å². The van der Waals surface area contributed by atoms with Crippen LogP contribution in [-0.2, 0) is 22.8 Å². The molecule has 0 N–H and O–H groups in total. The van der Waals surface area contributed by atoms with Crippen molar-refractivity contribution in [3.8, 4) is 0 Å². The molecule has 0 amide bonds. The summed E-state index contributed by atoms with van der Waals surface area (Å²) in [6, 6.07) is 0. The van der Waals surface area contributed by atoms with Gasteiger partial charge in [0.1, 0.15) is 5.22 Å². The molecule has 1 atom stereocenters. The van der Waals surface area contributed by atoms with Crippen LogP contribution >= 0.6 is 0 Å². The summed E-state index contributed by atoms with van der Waals surface area (Å²) in [5, 5.41) is -0.569.